The molecule has 4 aromatic rings. The number of ketones is 1. The maximum Gasteiger partial charge on any atom is 0.301 e. The first kappa shape index (κ1) is 21.8. The number of halogens is 2. The van der Waals surface area contributed by atoms with Gasteiger partial charge in [0.2, 0.25) is 0 Å². The van der Waals surface area contributed by atoms with E-state index < -0.39 is 17.7 Å². The zero-order valence-corrected chi connectivity index (χ0v) is 20.4. The van der Waals surface area contributed by atoms with Crippen LogP contribution in [0.3, 0.4) is 0 Å². The number of hydrogen-bond donors (Lipinski definition) is 1. The quantitative estimate of drug-likeness (QED) is 0.180. The van der Waals surface area contributed by atoms with Crippen molar-refractivity contribution in [1.82, 2.24) is 4.98 Å². The summed E-state index contributed by atoms with van der Waals surface area (Å²) in [5, 5.41) is 12.1. The molecule has 5 nitrogen and oxygen atoms in total. The van der Waals surface area contributed by atoms with E-state index in [-0.39, 0.29) is 11.3 Å². The van der Waals surface area contributed by atoms with Crippen LogP contribution in [0.15, 0.2) is 76.8 Å². The average molecular weight is 540 g/mol. The van der Waals surface area contributed by atoms with Crippen LogP contribution in [0.4, 0.5) is 5.13 Å². The number of fused-ring (bicyclic) bond motifs is 1. The van der Waals surface area contributed by atoms with Crippen LogP contribution in [0.2, 0.25) is 5.02 Å². The summed E-state index contributed by atoms with van der Waals surface area (Å²) in [6.45, 7) is 1.93. The van der Waals surface area contributed by atoms with Gasteiger partial charge in [-0.2, -0.15) is 0 Å². The normalized spacial score (nSPS) is 17.8. The number of Topliss-reactive ketones (excluding diaryl/α,β-unsaturated/α-hetero) is 1. The van der Waals surface area contributed by atoms with Gasteiger partial charge in [-0.05, 0) is 42.8 Å². The third kappa shape index (κ3) is 3.86. The van der Waals surface area contributed by atoms with E-state index in [1.807, 2.05) is 43.3 Å². The van der Waals surface area contributed by atoms with E-state index in [9.17, 15) is 14.7 Å². The van der Waals surface area contributed by atoms with Gasteiger partial charge in [0, 0.05) is 15.1 Å². The molecule has 0 bridgehead atoms. The Morgan fingerprint density at radius 1 is 1.09 bits per heavy atom. The molecule has 1 N–H and O–H groups in total. The number of nitrogens with zero attached hydrogens (tertiary/aromatic N) is 2. The smallest absolute Gasteiger partial charge is 0.301 e. The molecule has 5 rings (SSSR count). The Morgan fingerprint density at radius 3 is 2.58 bits per heavy atom. The van der Waals surface area contributed by atoms with Crippen LogP contribution in [-0.2, 0) is 9.59 Å². The van der Waals surface area contributed by atoms with Crippen LogP contribution in [0, 0.1) is 6.92 Å². The standard InChI is InChI=1S/C25H16BrClN2O3S/c1-13-5-7-14(8-6-13)22(30)20-21(15-3-2-4-16(26)11-15)29(24(32)23(20)31)25-28-18-10-9-17(27)12-19(18)33-25/h2-12,21,30H,1H3. The first-order valence-electron chi connectivity index (χ1n) is 10.0. The highest BCUT2D eigenvalue weighted by Crippen LogP contribution is 2.44. The second kappa shape index (κ2) is 8.41. The number of carbonyl (C=O) groups is 2. The van der Waals surface area contributed by atoms with E-state index in [4.69, 9.17) is 11.6 Å². The molecule has 33 heavy (non-hydrogen) atoms. The summed E-state index contributed by atoms with van der Waals surface area (Å²) < 4.78 is 1.59. The predicted octanol–water partition coefficient (Wildman–Crippen LogP) is 6.65. The van der Waals surface area contributed by atoms with Gasteiger partial charge in [0.25, 0.3) is 5.78 Å². The number of benzene rings is 3. The van der Waals surface area contributed by atoms with Crippen LogP contribution in [0.5, 0.6) is 0 Å². The number of aromatic nitrogens is 1. The van der Waals surface area contributed by atoms with Gasteiger partial charge in [-0.25, -0.2) is 4.98 Å². The average Bonchev–Trinajstić information content (AvgIpc) is 3.32. The molecule has 2 heterocycles. The topological polar surface area (TPSA) is 70.5 Å². The second-order valence-electron chi connectivity index (χ2n) is 7.70. The zero-order valence-electron chi connectivity index (χ0n) is 17.3. The molecule has 164 valence electrons. The fraction of sp³-hybridized carbons (Fsp3) is 0.0800. The molecular weight excluding hydrogens is 524 g/mol. The van der Waals surface area contributed by atoms with E-state index in [2.05, 4.69) is 20.9 Å². The van der Waals surface area contributed by atoms with E-state index in [1.54, 1.807) is 30.3 Å². The van der Waals surface area contributed by atoms with Gasteiger partial charge in [0.05, 0.1) is 21.8 Å². The molecule has 1 aliphatic heterocycles. The highest BCUT2D eigenvalue weighted by atomic mass is 79.9. The first-order valence-corrected chi connectivity index (χ1v) is 12.0. The van der Waals surface area contributed by atoms with E-state index in [1.165, 1.54) is 16.2 Å². The summed E-state index contributed by atoms with van der Waals surface area (Å²) in [6.07, 6.45) is 0. The number of rotatable bonds is 3. The van der Waals surface area contributed by atoms with Gasteiger partial charge in [-0.1, -0.05) is 80.8 Å². The Morgan fingerprint density at radius 2 is 1.85 bits per heavy atom. The minimum atomic E-state index is -0.833. The van der Waals surface area contributed by atoms with Crippen molar-refractivity contribution in [3.05, 3.63) is 98.5 Å². The summed E-state index contributed by atoms with van der Waals surface area (Å²) in [5.74, 6) is -1.71. The molecule has 1 unspecified atom stereocenters. The van der Waals surface area contributed by atoms with E-state index >= 15 is 0 Å². The number of aryl methyl sites for hydroxylation is 1. The zero-order chi connectivity index (χ0) is 23.3. The lowest BCUT2D eigenvalue weighted by molar-refractivity contribution is -0.132. The minimum Gasteiger partial charge on any atom is -0.507 e. The van der Waals surface area contributed by atoms with Gasteiger partial charge >= 0.3 is 5.91 Å². The summed E-state index contributed by atoms with van der Waals surface area (Å²) >= 11 is 10.9. The van der Waals surface area contributed by atoms with Crippen LogP contribution in [-0.4, -0.2) is 21.8 Å². The van der Waals surface area contributed by atoms with Gasteiger partial charge < -0.3 is 5.11 Å². The number of amides is 1. The lowest BCUT2D eigenvalue weighted by atomic mass is 9.95. The maximum absolute atomic E-state index is 13.3. The second-order valence-corrected chi connectivity index (χ2v) is 10.1. The fourth-order valence-corrected chi connectivity index (χ4v) is 5.56. The summed E-state index contributed by atoms with van der Waals surface area (Å²) in [6, 6.07) is 18.9. The highest BCUT2D eigenvalue weighted by Gasteiger charge is 2.48. The Balaban J connectivity index is 1.74. The van der Waals surface area contributed by atoms with Crippen molar-refractivity contribution >= 4 is 71.7 Å². The maximum atomic E-state index is 13.3. The van der Waals surface area contributed by atoms with Gasteiger partial charge in [0.15, 0.2) is 5.13 Å². The van der Waals surface area contributed by atoms with Crippen molar-refractivity contribution in [2.24, 2.45) is 0 Å². The summed E-state index contributed by atoms with van der Waals surface area (Å²) in [5.41, 5.74) is 2.86. The van der Waals surface area contributed by atoms with Crippen LogP contribution < -0.4 is 4.90 Å². The van der Waals surface area contributed by atoms with Crippen molar-refractivity contribution in [1.29, 1.82) is 0 Å². The molecule has 1 fully saturated rings. The number of carbonyl (C=O) groups excluding carboxylic acids is 2. The van der Waals surface area contributed by atoms with Crippen molar-refractivity contribution in [2.45, 2.75) is 13.0 Å². The van der Waals surface area contributed by atoms with Crippen LogP contribution >= 0.6 is 38.9 Å². The molecule has 1 saturated heterocycles. The molecule has 0 aliphatic carbocycles. The number of aliphatic hydroxyl groups is 1. The molecule has 1 aromatic heterocycles. The van der Waals surface area contributed by atoms with Crippen LogP contribution in [0.25, 0.3) is 16.0 Å². The lowest BCUT2D eigenvalue weighted by Gasteiger charge is -2.23. The SMILES string of the molecule is Cc1ccc(C(O)=C2C(=O)C(=O)N(c3nc4ccc(Cl)cc4s3)C2c2cccc(Br)c2)cc1. The Labute approximate surface area is 207 Å². The number of aliphatic hydroxyl groups excluding tert-OH is 1. The molecule has 8 heteroatoms. The van der Waals surface area contributed by atoms with Crippen molar-refractivity contribution < 1.29 is 14.7 Å². The molecular formula is C25H16BrClN2O3S. The third-order valence-corrected chi connectivity index (χ3v) is 7.22. The lowest BCUT2D eigenvalue weighted by Crippen LogP contribution is -2.29. The Hall–Kier alpha value is -3.00. The number of anilines is 1. The molecule has 0 saturated carbocycles. The van der Waals surface area contributed by atoms with Gasteiger partial charge in [-0.15, -0.1) is 0 Å². The molecule has 3 aromatic carbocycles. The molecule has 1 atom stereocenters. The van der Waals surface area contributed by atoms with Crippen LogP contribution in [0.1, 0.15) is 22.7 Å². The highest BCUT2D eigenvalue weighted by molar-refractivity contribution is 9.10. The monoisotopic (exact) mass is 538 g/mol. The minimum absolute atomic E-state index is 0.0271. The Kier molecular flexibility index (Phi) is 5.56. The molecule has 0 spiro atoms. The van der Waals surface area contributed by atoms with Gasteiger partial charge in [-0.3, -0.25) is 14.5 Å². The molecule has 1 aliphatic rings. The van der Waals surface area contributed by atoms with Crippen molar-refractivity contribution in [3.63, 3.8) is 0 Å². The van der Waals surface area contributed by atoms with E-state index in [0.717, 1.165) is 14.7 Å². The molecule has 0 radical (unpaired) electrons. The summed E-state index contributed by atoms with van der Waals surface area (Å²) in [7, 11) is 0. The first-order chi connectivity index (χ1) is 15.8. The number of thiazole rings is 1. The predicted molar refractivity (Wildman–Crippen MR) is 135 cm³/mol. The van der Waals surface area contributed by atoms with Gasteiger partial charge in [0.1, 0.15) is 5.76 Å². The third-order valence-electron chi connectivity index (χ3n) is 5.48. The largest absolute Gasteiger partial charge is 0.507 e. The fourth-order valence-electron chi connectivity index (χ4n) is 3.88. The van der Waals surface area contributed by atoms with Crippen molar-refractivity contribution in [2.75, 3.05) is 4.90 Å². The molecule has 1 amide bonds. The summed E-state index contributed by atoms with van der Waals surface area (Å²) in [4.78, 5) is 32.5. The Bertz CT molecular complexity index is 1460. The van der Waals surface area contributed by atoms with Crippen molar-refractivity contribution in [3.8, 4) is 0 Å². The van der Waals surface area contributed by atoms with E-state index in [0.29, 0.717) is 26.8 Å². The number of hydrogen-bond acceptors (Lipinski definition) is 5.